The zero-order valence-corrected chi connectivity index (χ0v) is 20.0. The summed E-state index contributed by atoms with van der Waals surface area (Å²) in [5.41, 5.74) is 2.80. The van der Waals surface area contributed by atoms with E-state index in [9.17, 15) is 4.79 Å². The third-order valence-electron chi connectivity index (χ3n) is 6.03. The fourth-order valence-electron chi connectivity index (χ4n) is 4.28. The van der Waals surface area contributed by atoms with E-state index in [4.69, 9.17) is 9.47 Å². The first kappa shape index (κ1) is 24.4. The Balaban J connectivity index is 1.72. The molecule has 0 amide bonds. The van der Waals surface area contributed by atoms with Gasteiger partial charge in [0.25, 0.3) is 0 Å². The number of benzene rings is 4. The van der Waals surface area contributed by atoms with Crippen LogP contribution in [0, 0.1) is 0 Å². The molecule has 4 heteroatoms. The number of esters is 1. The Labute approximate surface area is 207 Å². The molecule has 0 N–H and O–H groups in total. The second-order valence-corrected chi connectivity index (χ2v) is 8.58. The Morgan fingerprint density at radius 1 is 0.657 bits per heavy atom. The molecule has 0 fully saturated rings. The topological polar surface area (TPSA) is 38.8 Å². The first-order valence-electron chi connectivity index (χ1n) is 11.8. The monoisotopic (exact) mass is 465 g/mol. The molecule has 0 aliphatic heterocycles. The molecule has 0 saturated carbocycles. The van der Waals surface area contributed by atoms with Crippen molar-refractivity contribution in [1.82, 2.24) is 4.90 Å². The van der Waals surface area contributed by atoms with Crippen molar-refractivity contribution in [3.05, 3.63) is 144 Å². The molecular formula is C31H31NO3. The third-order valence-corrected chi connectivity index (χ3v) is 6.03. The Morgan fingerprint density at radius 2 is 1.09 bits per heavy atom. The number of carbonyl (C=O) groups excluding carboxylic acids is 1. The largest absolute Gasteiger partial charge is 0.467 e. The highest BCUT2D eigenvalue weighted by molar-refractivity contribution is 5.81. The minimum atomic E-state index is -1.30. The predicted molar refractivity (Wildman–Crippen MR) is 138 cm³/mol. The lowest BCUT2D eigenvalue weighted by Gasteiger charge is -2.37. The van der Waals surface area contributed by atoms with Crippen LogP contribution in [-0.4, -0.2) is 24.5 Å². The molecule has 178 valence electrons. The fraction of sp³-hybridized carbons (Fsp3) is 0.194. The van der Waals surface area contributed by atoms with Gasteiger partial charge < -0.3 is 9.47 Å². The highest BCUT2D eigenvalue weighted by atomic mass is 16.6. The first-order chi connectivity index (χ1) is 17.2. The number of ether oxygens (including phenoxy) is 2. The van der Waals surface area contributed by atoms with Crippen LogP contribution in [0.4, 0.5) is 0 Å². The summed E-state index contributed by atoms with van der Waals surface area (Å²) >= 11 is 0. The van der Waals surface area contributed by atoms with Crippen LogP contribution < -0.4 is 0 Å². The Morgan fingerprint density at radius 3 is 1.54 bits per heavy atom. The standard InChI is InChI=1S/C31H31NO3/c1-34-30(33)31(29-20-12-5-13-21-29,35-24-28-18-10-4-11-19-28)25-32(22-26-14-6-2-7-15-26)23-27-16-8-3-9-17-27/h2-21H,22-25H2,1H3/t31-/m1/s1. The predicted octanol–water partition coefficient (Wildman–Crippen LogP) is 5.97. The van der Waals surface area contributed by atoms with Gasteiger partial charge in [-0.2, -0.15) is 0 Å². The van der Waals surface area contributed by atoms with E-state index in [1.165, 1.54) is 18.2 Å². The summed E-state index contributed by atoms with van der Waals surface area (Å²) in [6.07, 6.45) is 0. The molecule has 0 aromatic heterocycles. The maximum Gasteiger partial charge on any atom is 0.344 e. The number of nitrogens with zero attached hydrogens (tertiary/aromatic N) is 1. The molecular weight excluding hydrogens is 434 g/mol. The van der Waals surface area contributed by atoms with E-state index in [1.807, 2.05) is 97.1 Å². The Bertz CT molecular complexity index is 1130. The molecule has 4 rings (SSSR count). The molecule has 0 aliphatic carbocycles. The zero-order valence-electron chi connectivity index (χ0n) is 20.0. The summed E-state index contributed by atoms with van der Waals surface area (Å²) in [4.78, 5) is 15.8. The molecule has 35 heavy (non-hydrogen) atoms. The van der Waals surface area contributed by atoms with Crippen molar-refractivity contribution in [2.45, 2.75) is 25.3 Å². The van der Waals surface area contributed by atoms with Crippen molar-refractivity contribution in [2.24, 2.45) is 0 Å². The van der Waals surface area contributed by atoms with E-state index in [-0.39, 0.29) is 6.61 Å². The minimum absolute atomic E-state index is 0.287. The molecule has 4 aromatic rings. The first-order valence-corrected chi connectivity index (χ1v) is 11.8. The number of carbonyl (C=O) groups is 1. The average molecular weight is 466 g/mol. The van der Waals surface area contributed by atoms with Crippen molar-refractivity contribution in [1.29, 1.82) is 0 Å². The lowest BCUT2D eigenvalue weighted by atomic mass is 9.92. The molecule has 0 unspecified atom stereocenters. The van der Waals surface area contributed by atoms with E-state index in [1.54, 1.807) is 0 Å². The molecule has 1 atom stereocenters. The Hall–Kier alpha value is -3.73. The molecule has 4 nitrogen and oxygen atoms in total. The highest BCUT2D eigenvalue weighted by Crippen LogP contribution is 2.31. The molecule has 0 bridgehead atoms. The molecule has 0 aliphatic rings. The van der Waals surface area contributed by atoms with E-state index < -0.39 is 11.6 Å². The van der Waals surface area contributed by atoms with Crippen LogP contribution in [0.25, 0.3) is 0 Å². The molecule has 0 spiro atoms. The van der Waals surface area contributed by atoms with Crippen molar-refractivity contribution in [3.8, 4) is 0 Å². The normalized spacial score (nSPS) is 12.7. The van der Waals surface area contributed by atoms with Gasteiger partial charge in [0, 0.05) is 19.6 Å². The van der Waals surface area contributed by atoms with Gasteiger partial charge in [-0.05, 0) is 22.3 Å². The zero-order chi connectivity index (χ0) is 24.3. The second kappa shape index (κ2) is 12.1. The summed E-state index contributed by atoms with van der Waals surface area (Å²) in [5, 5.41) is 0. The summed E-state index contributed by atoms with van der Waals surface area (Å²) in [5.74, 6) is -0.411. The van der Waals surface area contributed by atoms with Gasteiger partial charge in [-0.15, -0.1) is 0 Å². The van der Waals surface area contributed by atoms with Crippen LogP contribution in [0.5, 0.6) is 0 Å². The van der Waals surface area contributed by atoms with Crippen LogP contribution in [0.2, 0.25) is 0 Å². The van der Waals surface area contributed by atoms with E-state index >= 15 is 0 Å². The smallest absolute Gasteiger partial charge is 0.344 e. The highest BCUT2D eigenvalue weighted by Gasteiger charge is 2.44. The van der Waals surface area contributed by atoms with E-state index in [0.29, 0.717) is 19.6 Å². The number of rotatable bonds is 11. The van der Waals surface area contributed by atoms with Crippen LogP contribution in [-0.2, 0) is 39.6 Å². The average Bonchev–Trinajstić information content (AvgIpc) is 2.92. The van der Waals surface area contributed by atoms with Crippen LogP contribution in [0.15, 0.2) is 121 Å². The van der Waals surface area contributed by atoms with E-state index in [0.717, 1.165) is 11.1 Å². The lowest BCUT2D eigenvalue weighted by Crippen LogP contribution is -2.49. The van der Waals surface area contributed by atoms with Gasteiger partial charge in [0.1, 0.15) is 0 Å². The van der Waals surface area contributed by atoms with Crippen LogP contribution >= 0.6 is 0 Å². The molecule has 4 aromatic carbocycles. The molecule has 0 radical (unpaired) electrons. The Kier molecular flexibility index (Phi) is 8.44. The van der Waals surface area contributed by atoms with Gasteiger partial charge in [-0.1, -0.05) is 121 Å². The summed E-state index contributed by atoms with van der Waals surface area (Å²) < 4.78 is 11.9. The van der Waals surface area contributed by atoms with Gasteiger partial charge in [0.2, 0.25) is 5.60 Å². The maximum absolute atomic E-state index is 13.5. The van der Waals surface area contributed by atoms with Crippen molar-refractivity contribution < 1.29 is 14.3 Å². The van der Waals surface area contributed by atoms with Gasteiger partial charge in [0.05, 0.1) is 13.7 Å². The SMILES string of the molecule is COC(=O)[C@](CN(Cc1ccccc1)Cc1ccccc1)(OCc1ccccc1)c1ccccc1. The number of hydrogen-bond acceptors (Lipinski definition) is 4. The fourth-order valence-corrected chi connectivity index (χ4v) is 4.28. The number of methoxy groups -OCH3 is 1. The van der Waals surface area contributed by atoms with Gasteiger partial charge in [0.15, 0.2) is 0 Å². The minimum Gasteiger partial charge on any atom is -0.467 e. The van der Waals surface area contributed by atoms with Gasteiger partial charge in [-0.3, -0.25) is 4.90 Å². The summed E-state index contributed by atoms with van der Waals surface area (Å²) in [6, 6.07) is 40.1. The van der Waals surface area contributed by atoms with Crippen molar-refractivity contribution >= 4 is 5.97 Å². The quantitative estimate of drug-likeness (QED) is 0.256. The molecule has 0 saturated heterocycles. The van der Waals surface area contributed by atoms with Crippen LogP contribution in [0.1, 0.15) is 22.3 Å². The van der Waals surface area contributed by atoms with Crippen LogP contribution in [0.3, 0.4) is 0 Å². The summed E-state index contributed by atoms with van der Waals surface area (Å²) in [7, 11) is 1.42. The second-order valence-electron chi connectivity index (χ2n) is 8.58. The van der Waals surface area contributed by atoms with Gasteiger partial charge in [-0.25, -0.2) is 4.79 Å². The maximum atomic E-state index is 13.5. The van der Waals surface area contributed by atoms with Crippen molar-refractivity contribution in [3.63, 3.8) is 0 Å². The number of hydrogen-bond donors (Lipinski definition) is 0. The van der Waals surface area contributed by atoms with Gasteiger partial charge >= 0.3 is 5.97 Å². The lowest BCUT2D eigenvalue weighted by molar-refractivity contribution is -0.177. The third kappa shape index (κ3) is 6.44. The van der Waals surface area contributed by atoms with Crippen molar-refractivity contribution in [2.75, 3.05) is 13.7 Å². The van der Waals surface area contributed by atoms with E-state index in [2.05, 4.69) is 29.2 Å². The molecule has 0 heterocycles. The summed E-state index contributed by atoms with van der Waals surface area (Å²) in [6.45, 7) is 1.95.